The van der Waals surface area contributed by atoms with Gasteiger partial charge in [0.25, 0.3) is 0 Å². The third kappa shape index (κ3) is 8.11. The van der Waals surface area contributed by atoms with Crippen LogP contribution in [0.15, 0.2) is 0 Å². The zero-order valence-electron chi connectivity index (χ0n) is 8.68. The van der Waals surface area contributed by atoms with E-state index in [4.69, 9.17) is 10.5 Å². The number of nitrogens with two attached hydrogens (primary N) is 1. The number of rotatable bonds is 4. The minimum Gasteiger partial charge on any atom is -0.380 e. The molecule has 1 fully saturated rings. The lowest BCUT2D eigenvalue weighted by molar-refractivity contribution is -0.118. The molecule has 0 aromatic carbocycles. The molecule has 1 aliphatic rings. The molecule has 0 aromatic rings. The van der Waals surface area contributed by atoms with Gasteiger partial charge < -0.3 is 15.4 Å². The lowest BCUT2D eigenvalue weighted by Gasteiger charge is -2.13. The number of likely N-dealkylation sites (tertiary alicyclic amines) is 1. The summed E-state index contributed by atoms with van der Waals surface area (Å²) < 4.78 is 5.19. The van der Waals surface area contributed by atoms with E-state index in [0.29, 0.717) is 12.5 Å². The Morgan fingerprint density at radius 2 is 2.07 bits per heavy atom. The number of carbonyl (C=O) groups excluding carboxylic acids is 1. The fourth-order valence-electron chi connectivity index (χ4n) is 1.46. The molecule has 1 saturated heterocycles. The second-order valence-electron chi connectivity index (χ2n) is 3.16. The number of methoxy groups -OCH3 is 1. The van der Waals surface area contributed by atoms with Gasteiger partial charge in [0.15, 0.2) is 0 Å². The summed E-state index contributed by atoms with van der Waals surface area (Å²) in [5.74, 6) is -0.226. The minimum absolute atomic E-state index is 0. The lowest BCUT2D eigenvalue weighted by atomic mass is 10.3. The van der Waals surface area contributed by atoms with Crippen LogP contribution in [0.4, 0.5) is 0 Å². The second-order valence-corrected chi connectivity index (χ2v) is 3.16. The largest absolute Gasteiger partial charge is 0.380 e. The molecule has 4 nitrogen and oxygen atoms in total. The van der Waals surface area contributed by atoms with Crippen LogP contribution in [0, 0.1) is 0 Å². The van der Waals surface area contributed by atoms with Gasteiger partial charge in [0.05, 0.1) is 6.10 Å². The maximum absolute atomic E-state index is 10.5. The Balaban J connectivity index is -0.000000480. The van der Waals surface area contributed by atoms with Crippen molar-refractivity contribution in [2.45, 2.75) is 18.9 Å². The van der Waals surface area contributed by atoms with Crippen molar-refractivity contribution in [3.05, 3.63) is 0 Å². The van der Waals surface area contributed by atoms with E-state index in [0.717, 1.165) is 26.1 Å². The van der Waals surface area contributed by atoms with Crippen LogP contribution < -0.4 is 5.73 Å². The molecule has 15 heavy (non-hydrogen) atoms. The summed E-state index contributed by atoms with van der Waals surface area (Å²) in [4.78, 5) is 12.7. The average Bonchev–Trinajstić information content (AvgIpc) is 2.48. The predicted molar refractivity (Wildman–Crippen MR) is 67.4 cm³/mol. The molecular weight excluding hydrogens is 262 g/mol. The molecule has 0 radical (unpaired) electrons. The molecule has 1 rings (SSSR count). The van der Waals surface area contributed by atoms with Gasteiger partial charge >= 0.3 is 0 Å². The molecule has 0 aromatic heterocycles. The average molecular weight is 282 g/mol. The zero-order chi connectivity index (χ0) is 8.97. The van der Waals surface area contributed by atoms with Crippen LogP contribution in [0.5, 0.6) is 0 Å². The van der Waals surface area contributed by atoms with E-state index >= 15 is 0 Å². The monoisotopic (exact) mass is 280 g/mol. The first-order valence-electron chi connectivity index (χ1n) is 4.26. The van der Waals surface area contributed by atoms with E-state index in [1.165, 1.54) is 0 Å². The second kappa shape index (κ2) is 10.8. The highest BCUT2D eigenvalue weighted by Crippen LogP contribution is 2.11. The van der Waals surface area contributed by atoms with Crippen molar-refractivity contribution in [1.29, 1.82) is 0 Å². The van der Waals surface area contributed by atoms with Crippen LogP contribution in [0.2, 0.25) is 0 Å². The van der Waals surface area contributed by atoms with Gasteiger partial charge in [-0.15, -0.1) is 37.2 Å². The van der Waals surface area contributed by atoms with Gasteiger partial charge in [0.1, 0.15) is 0 Å². The number of halogens is 3. The van der Waals surface area contributed by atoms with Crippen molar-refractivity contribution in [3.8, 4) is 0 Å². The van der Waals surface area contributed by atoms with Gasteiger partial charge in [-0.1, -0.05) is 0 Å². The summed E-state index contributed by atoms with van der Waals surface area (Å²) in [7, 11) is 1.72. The van der Waals surface area contributed by atoms with E-state index in [9.17, 15) is 4.79 Å². The fraction of sp³-hybridized carbons (Fsp3) is 0.875. The Hall–Kier alpha value is 0.260. The molecule has 1 heterocycles. The van der Waals surface area contributed by atoms with Crippen LogP contribution in [-0.2, 0) is 9.53 Å². The van der Waals surface area contributed by atoms with Crippen molar-refractivity contribution >= 4 is 43.1 Å². The summed E-state index contributed by atoms with van der Waals surface area (Å²) in [6.45, 7) is 2.73. The molecule has 94 valence electrons. The lowest BCUT2D eigenvalue weighted by Crippen LogP contribution is -2.27. The van der Waals surface area contributed by atoms with Crippen molar-refractivity contribution < 1.29 is 9.53 Å². The molecule has 1 amide bonds. The molecule has 0 aliphatic carbocycles. The molecule has 0 spiro atoms. The Bertz CT molecular complexity index is 172. The number of carbonyl (C=O) groups is 1. The minimum atomic E-state index is -0.226. The predicted octanol–water partition coefficient (Wildman–Crippen LogP) is 0.848. The van der Waals surface area contributed by atoms with Gasteiger partial charge in [-0.2, -0.15) is 0 Å². The molecule has 0 saturated carbocycles. The summed E-state index contributed by atoms with van der Waals surface area (Å²) in [5, 5.41) is 0. The number of primary amides is 1. The molecule has 1 atom stereocenters. The standard InChI is InChI=1S/C8H16N2O2.3ClH/c1-12-7-2-4-10(6-7)5-3-8(9)11;;;/h7H,2-6H2,1H3,(H2,9,11);3*1H. The summed E-state index contributed by atoms with van der Waals surface area (Å²) >= 11 is 0. The number of nitrogens with zero attached hydrogens (tertiary/aromatic N) is 1. The maximum atomic E-state index is 10.5. The SMILES string of the molecule is COC1CCN(CCC(N)=O)C1.Cl.Cl.Cl. The first kappa shape index (κ1) is 20.6. The van der Waals surface area contributed by atoms with Crippen LogP contribution >= 0.6 is 37.2 Å². The Morgan fingerprint density at radius 1 is 1.47 bits per heavy atom. The number of amides is 1. The van der Waals surface area contributed by atoms with Gasteiger partial charge in [-0.05, 0) is 6.42 Å². The summed E-state index contributed by atoms with van der Waals surface area (Å²) in [6.07, 6.45) is 1.86. The topological polar surface area (TPSA) is 55.6 Å². The van der Waals surface area contributed by atoms with Gasteiger partial charge in [0, 0.05) is 33.2 Å². The number of hydrogen-bond acceptors (Lipinski definition) is 3. The van der Waals surface area contributed by atoms with Crippen LogP contribution in [-0.4, -0.2) is 43.7 Å². The summed E-state index contributed by atoms with van der Waals surface area (Å²) in [6, 6.07) is 0. The fourth-order valence-corrected chi connectivity index (χ4v) is 1.46. The Kier molecular flexibility index (Phi) is 14.8. The maximum Gasteiger partial charge on any atom is 0.218 e. The van der Waals surface area contributed by atoms with Crippen molar-refractivity contribution in [2.24, 2.45) is 5.73 Å². The van der Waals surface area contributed by atoms with Crippen LogP contribution in [0.25, 0.3) is 0 Å². The van der Waals surface area contributed by atoms with Gasteiger partial charge in [-0.25, -0.2) is 0 Å². The van der Waals surface area contributed by atoms with Crippen molar-refractivity contribution in [3.63, 3.8) is 0 Å². The third-order valence-electron chi connectivity index (χ3n) is 2.24. The van der Waals surface area contributed by atoms with E-state index in [1.54, 1.807) is 7.11 Å². The molecule has 1 aliphatic heterocycles. The first-order valence-corrected chi connectivity index (χ1v) is 4.26. The van der Waals surface area contributed by atoms with E-state index in [-0.39, 0.29) is 43.1 Å². The highest BCUT2D eigenvalue weighted by molar-refractivity contribution is 5.86. The highest BCUT2D eigenvalue weighted by atomic mass is 35.5. The van der Waals surface area contributed by atoms with Crippen molar-refractivity contribution in [1.82, 2.24) is 4.90 Å². The van der Waals surface area contributed by atoms with E-state index < -0.39 is 0 Å². The molecule has 1 unspecified atom stereocenters. The third-order valence-corrected chi connectivity index (χ3v) is 2.24. The van der Waals surface area contributed by atoms with Crippen LogP contribution in [0.3, 0.4) is 0 Å². The van der Waals surface area contributed by atoms with Crippen molar-refractivity contribution in [2.75, 3.05) is 26.7 Å². The molecule has 7 heteroatoms. The normalized spacial score (nSPS) is 19.7. The van der Waals surface area contributed by atoms with Gasteiger partial charge in [-0.3, -0.25) is 4.79 Å². The first-order chi connectivity index (χ1) is 5.72. The van der Waals surface area contributed by atoms with Crippen LogP contribution in [0.1, 0.15) is 12.8 Å². The van der Waals surface area contributed by atoms with Gasteiger partial charge in [0.2, 0.25) is 5.91 Å². The molecule has 2 N–H and O–H groups in total. The Labute approximate surface area is 109 Å². The zero-order valence-corrected chi connectivity index (χ0v) is 11.1. The van der Waals surface area contributed by atoms with E-state index in [2.05, 4.69) is 4.90 Å². The molecule has 0 bridgehead atoms. The smallest absolute Gasteiger partial charge is 0.218 e. The molecular formula is C8H19Cl3N2O2. The highest BCUT2D eigenvalue weighted by Gasteiger charge is 2.21. The number of hydrogen-bond donors (Lipinski definition) is 1. The number of ether oxygens (including phenoxy) is 1. The quantitative estimate of drug-likeness (QED) is 0.831. The van der Waals surface area contributed by atoms with E-state index in [1.807, 2.05) is 0 Å². The Morgan fingerprint density at radius 3 is 2.47 bits per heavy atom. The summed E-state index contributed by atoms with van der Waals surface area (Å²) in [5.41, 5.74) is 5.04.